The zero-order valence-corrected chi connectivity index (χ0v) is 11.7. The van der Waals surface area contributed by atoms with Crippen molar-refractivity contribution in [3.63, 3.8) is 0 Å². The molecule has 0 radical (unpaired) electrons. The van der Waals surface area contributed by atoms with Crippen LogP contribution in [0.25, 0.3) is 0 Å². The van der Waals surface area contributed by atoms with Crippen molar-refractivity contribution in [2.75, 3.05) is 13.1 Å². The van der Waals surface area contributed by atoms with Crippen LogP contribution in [0, 0.1) is 18.2 Å². The second kappa shape index (κ2) is 5.18. The zero-order chi connectivity index (χ0) is 11.9. The highest BCUT2D eigenvalue weighted by Crippen LogP contribution is 2.55. The maximum absolute atomic E-state index is 13.4. The van der Waals surface area contributed by atoms with E-state index in [1.807, 2.05) is 6.92 Å². The Morgan fingerprint density at radius 1 is 1.17 bits per heavy atom. The van der Waals surface area contributed by atoms with Crippen LogP contribution in [0.15, 0.2) is 18.2 Å². The Morgan fingerprint density at radius 3 is 2.44 bits per heavy atom. The van der Waals surface area contributed by atoms with Crippen molar-refractivity contribution in [1.29, 1.82) is 0 Å². The fourth-order valence-electron chi connectivity index (χ4n) is 3.59. The van der Waals surface area contributed by atoms with E-state index in [0.29, 0.717) is 11.3 Å². The molecule has 1 saturated heterocycles. The lowest BCUT2D eigenvalue weighted by molar-refractivity contribution is 0.0602. The number of nitrogens with one attached hydrogen (secondary N) is 1. The molecule has 0 unspecified atom stereocenters. The summed E-state index contributed by atoms with van der Waals surface area (Å²) in [5.41, 5.74) is 2.84. The molecule has 0 aromatic heterocycles. The van der Waals surface area contributed by atoms with Gasteiger partial charge in [0.25, 0.3) is 0 Å². The van der Waals surface area contributed by atoms with Crippen LogP contribution in [-0.2, 0) is 0 Å². The third-order valence-corrected chi connectivity index (χ3v) is 4.56. The largest absolute Gasteiger partial charge is 0.317 e. The summed E-state index contributed by atoms with van der Waals surface area (Å²) in [5.74, 6) is 0.522. The molecule has 1 spiro atoms. The van der Waals surface area contributed by atoms with E-state index < -0.39 is 0 Å². The molecular formula is C15H21ClFN. The SMILES string of the molecule is Cc1cc(F)cc(C2CC3(CCNCC3)C2)c1.Cl. The maximum Gasteiger partial charge on any atom is 0.123 e. The summed E-state index contributed by atoms with van der Waals surface area (Å²) < 4.78 is 13.4. The minimum absolute atomic E-state index is 0. The number of rotatable bonds is 1. The van der Waals surface area contributed by atoms with Crippen molar-refractivity contribution in [2.45, 2.75) is 38.5 Å². The van der Waals surface area contributed by atoms with Crippen molar-refractivity contribution in [3.8, 4) is 0 Å². The van der Waals surface area contributed by atoms with Gasteiger partial charge in [-0.25, -0.2) is 4.39 Å². The van der Waals surface area contributed by atoms with E-state index in [1.165, 1.54) is 31.2 Å². The van der Waals surface area contributed by atoms with Crippen molar-refractivity contribution < 1.29 is 4.39 Å². The number of halogens is 2. The fraction of sp³-hybridized carbons (Fsp3) is 0.600. The number of aryl methyl sites for hydroxylation is 1. The summed E-state index contributed by atoms with van der Waals surface area (Å²) in [6, 6.07) is 5.50. The Hall–Kier alpha value is -0.600. The van der Waals surface area contributed by atoms with Gasteiger partial charge in [0.2, 0.25) is 0 Å². The molecular weight excluding hydrogens is 249 g/mol. The van der Waals surface area contributed by atoms with Gasteiger partial charge in [-0.3, -0.25) is 0 Å². The monoisotopic (exact) mass is 269 g/mol. The van der Waals surface area contributed by atoms with Gasteiger partial charge in [-0.1, -0.05) is 6.07 Å². The summed E-state index contributed by atoms with van der Waals surface area (Å²) in [6.07, 6.45) is 5.13. The second-order valence-corrected chi connectivity index (χ2v) is 5.92. The lowest BCUT2D eigenvalue weighted by Crippen LogP contribution is -2.44. The molecule has 1 heterocycles. The van der Waals surface area contributed by atoms with Crippen molar-refractivity contribution in [3.05, 3.63) is 35.1 Å². The third kappa shape index (κ3) is 2.55. The van der Waals surface area contributed by atoms with Gasteiger partial charge in [0.15, 0.2) is 0 Å². The Balaban J connectivity index is 0.00000120. The van der Waals surface area contributed by atoms with Gasteiger partial charge >= 0.3 is 0 Å². The molecule has 1 aliphatic heterocycles. The third-order valence-electron chi connectivity index (χ3n) is 4.56. The van der Waals surface area contributed by atoms with Crippen LogP contribution < -0.4 is 5.32 Å². The van der Waals surface area contributed by atoms with Crippen LogP contribution >= 0.6 is 12.4 Å². The van der Waals surface area contributed by atoms with Crippen LogP contribution in [0.2, 0.25) is 0 Å². The van der Waals surface area contributed by atoms with E-state index in [-0.39, 0.29) is 18.2 Å². The average molecular weight is 270 g/mol. The van der Waals surface area contributed by atoms with Crippen LogP contribution in [0.5, 0.6) is 0 Å². The molecule has 100 valence electrons. The Labute approximate surface area is 115 Å². The molecule has 1 N–H and O–H groups in total. The Bertz CT molecular complexity index is 398. The first kappa shape index (κ1) is 13.8. The number of hydrogen-bond donors (Lipinski definition) is 1. The first-order valence-corrected chi connectivity index (χ1v) is 6.65. The average Bonchev–Trinajstić information content (AvgIpc) is 2.25. The molecule has 2 fully saturated rings. The highest BCUT2D eigenvalue weighted by molar-refractivity contribution is 5.85. The standard InChI is InChI=1S/C15H20FN.ClH/c1-11-6-12(8-14(16)7-11)13-9-15(10-13)2-4-17-5-3-15;/h6-8,13,17H,2-5,9-10H2,1H3;1H. The minimum Gasteiger partial charge on any atom is -0.317 e. The fourth-order valence-corrected chi connectivity index (χ4v) is 3.59. The second-order valence-electron chi connectivity index (χ2n) is 5.92. The normalized spacial score (nSPS) is 22.3. The predicted octanol–water partition coefficient (Wildman–Crippen LogP) is 3.80. The maximum atomic E-state index is 13.4. The molecule has 1 aliphatic carbocycles. The quantitative estimate of drug-likeness (QED) is 0.818. The molecule has 18 heavy (non-hydrogen) atoms. The van der Waals surface area contributed by atoms with Gasteiger partial charge < -0.3 is 5.32 Å². The smallest absolute Gasteiger partial charge is 0.123 e. The summed E-state index contributed by atoms with van der Waals surface area (Å²) in [4.78, 5) is 0. The molecule has 3 rings (SSSR count). The van der Waals surface area contributed by atoms with Gasteiger partial charge in [-0.05, 0) is 80.3 Å². The molecule has 1 saturated carbocycles. The van der Waals surface area contributed by atoms with E-state index in [4.69, 9.17) is 0 Å². The molecule has 1 nitrogen and oxygen atoms in total. The molecule has 1 aromatic carbocycles. The number of hydrogen-bond acceptors (Lipinski definition) is 1. The summed E-state index contributed by atoms with van der Waals surface area (Å²) >= 11 is 0. The van der Waals surface area contributed by atoms with Crippen LogP contribution in [0.1, 0.15) is 42.7 Å². The van der Waals surface area contributed by atoms with Crippen LogP contribution in [-0.4, -0.2) is 13.1 Å². The summed E-state index contributed by atoms with van der Waals surface area (Å²) in [5, 5.41) is 3.42. The van der Waals surface area contributed by atoms with E-state index in [9.17, 15) is 4.39 Å². The molecule has 3 heteroatoms. The highest BCUT2D eigenvalue weighted by atomic mass is 35.5. The lowest BCUT2D eigenvalue weighted by Gasteiger charge is -2.50. The Morgan fingerprint density at radius 2 is 1.83 bits per heavy atom. The number of benzene rings is 1. The highest BCUT2D eigenvalue weighted by Gasteiger charge is 2.44. The van der Waals surface area contributed by atoms with Crippen LogP contribution in [0.3, 0.4) is 0 Å². The Kier molecular flexibility index (Phi) is 3.98. The summed E-state index contributed by atoms with van der Waals surface area (Å²) in [6.45, 7) is 4.30. The van der Waals surface area contributed by atoms with Gasteiger partial charge in [0.05, 0.1) is 0 Å². The van der Waals surface area contributed by atoms with Crippen LogP contribution in [0.4, 0.5) is 4.39 Å². The molecule has 0 bridgehead atoms. The van der Waals surface area contributed by atoms with Gasteiger partial charge in [-0.15, -0.1) is 12.4 Å². The molecule has 2 aliphatic rings. The van der Waals surface area contributed by atoms with E-state index in [2.05, 4.69) is 11.4 Å². The topological polar surface area (TPSA) is 12.0 Å². The molecule has 0 atom stereocenters. The van der Waals surface area contributed by atoms with Crippen molar-refractivity contribution >= 4 is 12.4 Å². The van der Waals surface area contributed by atoms with E-state index in [1.54, 1.807) is 12.1 Å². The minimum atomic E-state index is -0.0775. The predicted molar refractivity (Wildman–Crippen MR) is 74.9 cm³/mol. The van der Waals surface area contributed by atoms with Gasteiger partial charge in [-0.2, -0.15) is 0 Å². The number of piperidine rings is 1. The van der Waals surface area contributed by atoms with Gasteiger partial charge in [0, 0.05) is 0 Å². The van der Waals surface area contributed by atoms with Crippen molar-refractivity contribution in [1.82, 2.24) is 5.32 Å². The molecule has 0 amide bonds. The van der Waals surface area contributed by atoms with E-state index >= 15 is 0 Å². The van der Waals surface area contributed by atoms with E-state index in [0.717, 1.165) is 18.7 Å². The van der Waals surface area contributed by atoms with Gasteiger partial charge in [0.1, 0.15) is 5.82 Å². The summed E-state index contributed by atoms with van der Waals surface area (Å²) in [7, 11) is 0. The zero-order valence-electron chi connectivity index (χ0n) is 10.8. The molecule has 1 aromatic rings. The first-order chi connectivity index (χ1) is 8.17. The lowest BCUT2D eigenvalue weighted by atomic mass is 9.56. The van der Waals surface area contributed by atoms with Crippen molar-refractivity contribution in [2.24, 2.45) is 5.41 Å². The first-order valence-electron chi connectivity index (χ1n) is 6.65.